The zero-order valence-electron chi connectivity index (χ0n) is 15.1. The van der Waals surface area contributed by atoms with E-state index in [2.05, 4.69) is 53.2 Å². The van der Waals surface area contributed by atoms with E-state index < -0.39 is 0 Å². The van der Waals surface area contributed by atoms with Crippen molar-refractivity contribution in [2.45, 2.75) is 53.1 Å². The molecule has 2 heterocycles. The molecular weight excluding hydrogens is 306 g/mol. The van der Waals surface area contributed by atoms with Crippen molar-refractivity contribution >= 4 is 17.3 Å². The van der Waals surface area contributed by atoms with E-state index in [1.165, 1.54) is 30.8 Å². The molecule has 1 fully saturated rings. The van der Waals surface area contributed by atoms with E-state index in [0.29, 0.717) is 6.04 Å². The van der Waals surface area contributed by atoms with Crippen molar-refractivity contribution in [3.05, 3.63) is 15.6 Å². The van der Waals surface area contributed by atoms with Crippen LogP contribution in [-0.4, -0.2) is 48.6 Å². The van der Waals surface area contributed by atoms with E-state index in [1.807, 2.05) is 7.05 Å². The highest BCUT2D eigenvalue weighted by Gasteiger charge is 2.20. The number of aryl methyl sites for hydroxylation is 2. The molecule has 0 amide bonds. The second-order valence-electron chi connectivity index (χ2n) is 6.62. The summed E-state index contributed by atoms with van der Waals surface area (Å²) in [6.07, 6.45) is 2.64. The lowest BCUT2D eigenvalue weighted by atomic mass is 9.98. The first-order chi connectivity index (χ1) is 11.0. The Morgan fingerprint density at radius 2 is 2.04 bits per heavy atom. The fourth-order valence-electron chi connectivity index (χ4n) is 2.84. The summed E-state index contributed by atoms with van der Waals surface area (Å²) in [5.41, 5.74) is 1.13. The van der Waals surface area contributed by atoms with Gasteiger partial charge < -0.3 is 10.6 Å². The molecule has 1 aromatic rings. The van der Waals surface area contributed by atoms with Gasteiger partial charge in [0.2, 0.25) is 0 Å². The summed E-state index contributed by atoms with van der Waals surface area (Å²) in [6.45, 7) is 12.9. The van der Waals surface area contributed by atoms with Crippen LogP contribution in [0.4, 0.5) is 0 Å². The highest BCUT2D eigenvalue weighted by molar-refractivity contribution is 7.11. The van der Waals surface area contributed by atoms with Gasteiger partial charge in [-0.15, -0.1) is 11.3 Å². The maximum Gasteiger partial charge on any atom is 0.191 e. The number of hydrogen-bond acceptors (Lipinski definition) is 4. The molecule has 0 aromatic carbocycles. The van der Waals surface area contributed by atoms with Crippen LogP contribution >= 0.6 is 11.3 Å². The topological polar surface area (TPSA) is 52.6 Å². The normalized spacial score (nSPS) is 18.9. The lowest BCUT2D eigenvalue weighted by Crippen LogP contribution is -2.47. The number of aromatic nitrogens is 1. The quantitative estimate of drug-likeness (QED) is 0.640. The van der Waals surface area contributed by atoms with E-state index in [1.54, 1.807) is 11.3 Å². The minimum atomic E-state index is 0.533. The van der Waals surface area contributed by atoms with Crippen LogP contribution in [0.25, 0.3) is 0 Å². The zero-order valence-corrected chi connectivity index (χ0v) is 16.0. The molecule has 23 heavy (non-hydrogen) atoms. The number of likely N-dealkylation sites (tertiary alicyclic amines) is 1. The maximum atomic E-state index is 4.56. The number of nitrogens with one attached hydrogen (secondary N) is 2. The molecule has 1 aromatic heterocycles. The van der Waals surface area contributed by atoms with Crippen molar-refractivity contribution in [2.24, 2.45) is 10.9 Å². The average molecular weight is 338 g/mol. The SMILES string of the molecule is CN=C(NCc1nc(C)c(C)s1)NCC(C)N1CCC(C)CC1. The van der Waals surface area contributed by atoms with Crippen LogP contribution in [0.15, 0.2) is 4.99 Å². The minimum Gasteiger partial charge on any atom is -0.355 e. The first-order valence-electron chi connectivity index (χ1n) is 8.61. The van der Waals surface area contributed by atoms with Crippen LogP contribution in [0.1, 0.15) is 42.3 Å². The number of guanidine groups is 1. The first kappa shape index (κ1) is 18.2. The molecule has 2 rings (SSSR count). The molecule has 130 valence electrons. The number of nitrogens with zero attached hydrogens (tertiary/aromatic N) is 3. The third kappa shape index (κ3) is 5.46. The summed E-state index contributed by atoms with van der Waals surface area (Å²) >= 11 is 1.75. The molecule has 1 aliphatic heterocycles. The number of thiazole rings is 1. The molecule has 1 saturated heterocycles. The Bertz CT molecular complexity index is 498. The Morgan fingerprint density at radius 3 is 2.61 bits per heavy atom. The second-order valence-corrected chi connectivity index (χ2v) is 7.91. The first-order valence-corrected chi connectivity index (χ1v) is 9.42. The summed E-state index contributed by atoms with van der Waals surface area (Å²) in [7, 11) is 1.82. The van der Waals surface area contributed by atoms with Crippen molar-refractivity contribution in [2.75, 3.05) is 26.7 Å². The summed E-state index contributed by atoms with van der Waals surface area (Å²) in [5.74, 6) is 1.73. The number of rotatable bonds is 5. The molecule has 0 radical (unpaired) electrons. The minimum absolute atomic E-state index is 0.533. The van der Waals surface area contributed by atoms with Crippen LogP contribution in [0.5, 0.6) is 0 Å². The number of aliphatic imine (C=N–C) groups is 1. The van der Waals surface area contributed by atoms with E-state index in [0.717, 1.165) is 35.7 Å². The molecule has 0 aliphatic carbocycles. The van der Waals surface area contributed by atoms with Gasteiger partial charge in [0.15, 0.2) is 5.96 Å². The van der Waals surface area contributed by atoms with Crippen LogP contribution in [0, 0.1) is 19.8 Å². The van der Waals surface area contributed by atoms with Crippen LogP contribution in [0.3, 0.4) is 0 Å². The van der Waals surface area contributed by atoms with Gasteiger partial charge in [0.05, 0.1) is 12.2 Å². The number of piperidine rings is 1. The Balaban J connectivity index is 1.74. The van der Waals surface area contributed by atoms with E-state index in [9.17, 15) is 0 Å². The van der Waals surface area contributed by atoms with Gasteiger partial charge in [0.25, 0.3) is 0 Å². The molecule has 6 heteroatoms. The molecule has 1 unspecified atom stereocenters. The van der Waals surface area contributed by atoms with Crippen LogP contribution < -0.4 is 10.6 Å². The highest BCUT2D eigenvalue weighted by atomic mass is 32.1. The Labute approximate surface area is 144 Å². The Kier molecular flexibility index (Phi) is 6.84. The van der Waals surface area contributed by atoms with E-state index >= 15 is 0 Å². The Morgan fingerprint density at radius 1 is 1.35 bits per heavy atom. The third-order valence-corrected chi connectivity index (χ3v) is 5.78. The molecule has 0 bridgehead atoms. The summed E-state index contributed by atoms with van der Waals surface area (Å²) in [5, 5.41) is 7.92. The fraction of sp³-hybridized carbons (Fsp3) is 0.765. The van der Waals surface area contributed by atoms with Crippen molar-refractivity contribution in [3.63, 3.8) is 0 Å². The van der Waals surface area contributed by atoms with E-state index in [-0.39, 0.29) is 0 Å². The predicted molar refractivity (Wildman–Crippen MR) is 99.2 cm³/mol. The largest absolute Gasteiger partial charge is 0.355 e. The van der Waals surface area contributed by atoms with Gasteiger partial charge in [-0.2, -0.15) is 0 Å². The summed E-state index contributed by atoms with van der Waals surface area (Å²) in [6, 6.07) is 0.533. The van der Waals surface area contributed by atoms with Gasteiger partial charge in [-0.3, -0.25) is 9.89 Å². The standard InChI is InChI=1S/C17H31N5S/c1-12-6-8-22(9-7-12)13(2)10-19-17(18-5)20-11-16-21-14(3)15(4)23-16/h12-13H,6-11H2,1-5H3,(H2,18,19,20). The fourth-order valence-corrected chi connectivity index (χ4v) is 3.71. The lowest BCUT2D eigenvalue weighted by Gasteiger charge is -2.35. The van der Waals surface area contributed by atoms with Crippen molar-refractivity contribution in [1.82, 2.24) is 20.5 Å². The van der Waals surface area contributed by atoms with Gasteiger partial charge in [-0.05, 0) is 52.6 Å². The van der Waals surface area contributed by atoms with Gasteiger partial charge in [-0.1, -0.05) is 6.92 Å². The van der Waals surface area contributed by atoms with Crippen molar-refractivity contribution in [3.8, 4) is 0 Å². The second kappa shape index (κ2) is 8.64. The zero-order chi connectivity index (χ0) is 16.8. The molecule has 0 spiro atoms. The molecule has 0 saturated carbocycles. The Hall–Kier alpha value is -1.14. The highest BCUT2D eigenvalue weighted by Crippen LogP contribution is 2.18. The average Bonchev–Trinajstić information content (AvgIpc) is 2.86. The molecule has 1 atom stereocenters. The lowest BCUT2D eigenvalue weighted by molar-refractivity contribution is 0.147. The predicted octanol–water partition coefficient (Wildman–Crippen LogP) is 2.55. The smallest absolute Gasteiger partial charge is 0.191 e. The van der Waals surface area contributed by atoms with Crippen LogP contribution in [-0.2, 0) is 6.54 Å². The molecule has 1 aliphatic rings. The van der Waals surface area contributed by atoms with Gasteiger partial charge in [0, 0.05) is 24.5 Å². The summed E-state index contributed by atoms with van der Waals surface area (Å²) in [4.78, 5) is 12.7. The van der Waals surface area contributed by atoms with Crippen LogP contribution in [0.2, 0.25) is 0 Å². The van der Waals surface area contributed by atoms with E-state index in [4.69, 9.17) is 0 Å². The van der Waals surface area contributed by atoms with Crippen molar-refractivity contribution in [1.29, 1.82) is 0 Å². The van der Waals surface area contributed by atoms with Gasteiger partial charge in [0.1, 0.15) is 5.01 Å². The number of hydrogen-bond donors (Lipinski definition) is 2. The van der Waals surface area contributed by atoms with Gasteiger partial charge in [-0.25, -0.2) is 4.98 Å². The third-order valence-electron chi connectivity index (χ3n) is 4.71. The monoisotopic (exact) mass is 337 g/mol. The van der Waals surface area contributed by atoms with Gasteiger partial charge >= 0.3 is 0 Å². The van der Waals surface area contributed by atoms with Crippen molar-refractivity contribution < 1.29 is 0 Å². The summed E-state index contributed by atoms with van der Waals surface area (Å²) < 4.78 is 0. The molecular formula is C17H31N5S. The molecule has 5 nitrogen and oxygen atoms in total. The maximum absolute atomic E-state index is 4.56. The molecule has 2 N–H and O–H groups in total.